The highest BCUT2D eigenvalue weighted by atomic mass is 16.3. The van der Waals surface area contributed by atoms with Gasteiger partial charge >= 0.3 is 0 Å². The summed E-state index contributed by atoms with van der Waals surface area (Å²) in [7, 11) is 0. The van der Waals surface area contributed by atoms with E-state index in [1.807, 2.05) is 6.07 Å². The molecule has 2 rings (SSSR count). The van der Waals surface area contributed by atoms with E-state index in [1.165, 1.54) is 12.3 Å². The van der Waals surface area contributed by atoms with Gasteiger partial charge in [0.25, 0.3) is 5.56 Å². The first-order valence-electron chi connectivity index (χ1n) is 4.97. The zero-order chi connectivity index (χ0) is 13.1. The Morgan fingerprint density at radius 1 is 1.33 bits per heavy atom. The Hall–Kier alpha value is -2.83. The molecule has 6 heteroatoms. The summed E-state index contributed by atoms with van der Waals surface area (Å²) in [6.07, 6.45) is 1.37. The molecule has 0 aliphatic carbocycles. The normalized spacial score (nSPS) is 9.72. The van der Waals surface area contributed by atoms with Crippen LogP contribution in [0.5, 0.6) is 0 Å². The Bertz CT molecular complexity index is 715. The second-order valence-corrected chi connectivity index (χ2v) is 3.42. The molecular weight excluding hydrogens is 234 g/mol. The van der Waals surface area contributed by atoms with Gasteiger partial charge in [-0.15, -0.1) is 0 Å². The average Bonchev–Trinajstić information content (AvgIpc) is 2.90. The van der Waals surface area contributed by atoms with Gasteiger partial charge < -0.3 is 14.5 Å². The van der Waals surface area contributed by atoms with Gasteiger partial charge in [-0.2, -0.15) is 10.5 Å². The fraction of sp³-hybridized carbons (Fsp3) is 0.0833. The maximum Gasteiger partial charge on any atom is 0.266 e. The number of hydrogen-bond acceptors (Lipinski definition) is 5. The van der Waals surface area contributed by atoms with Crippen LogP contribution in [0.4, 0.5) is 0 Å². The lowest BCUT2D eigenvalue weighted by Gasteiger charge is -2.06. The SMILES string of the molecule is N#Cc1c(CO)[nH]c(=O)c(C#N)c1-c1ccco1. The average molecular weight is 241 g/mol. The van der Waals surface area contributed by atoms with E-state index in [0.29, 0.717) is 0 Å². The second kappa shape index (κ2) is 4.58. The number of aliphatic hydroxyl groups excluding tert-OH is 1. The van der Waals surface area contributed by atoms with E-state index >= 15 is 0 Å². The van der Waals surface area contributed by atoms with E-state index in [4.69, 9.17) is 20.0 Å². The summed E-state index contributed by atoms with van der Waals surface area (Å²) in [4.78, 5) is 14.0. The van der Waals surface area contributed by atoms with Crippen molar-refractivity contribution in [1.29, 1.82) is 10.5 Å². The number of nitrogens with one attached hydrogen (secondary N) is 1. The first kappa shape index (κ1) is 11.6. The van der Waals surface area contributed by atoms with Crippen molar-refractivity contribution in [2.45, 2.75) is 6.61 Å². The lowest BCUT2D eigenvalue weighted by atomic mass is 10.0. The number of nitrogens with zero attached hydrogens (tertiary/aromatic N) is 2. The first-order valence-corrected chi connectivity index (χ1v) is 4.97. The number of aromatic nitrogens is 1. The summed E-state index contributed by atoms with van der Waals surface area (Å²) >= 11 is 0. The lowest BCUT2D eigenvalue weighted by molar-refractivity contribution is 0.276. The molecule has 2 N–H and O–H groups in total. The van der Waals surface area contributed by atoms with Crippen LogP contribution in [-0.2, 0) is 6.61 Å². The molecule has 88 valence electrons. The minimum atomic E-state index is -0.660. The standard InChI is InChI=1S/C12H7N3O3/c13-4-7-9(6-16)15-12(17)8(5-14)11(7)10-2-1-3-18-10/h1-3,16H,6H2,(H,15,17). The molecule has 0 saturated carbocycles. The van der Waals surface area contributed by atoms with Gasteiger partial charge in [0.1, 0.15) is 23.5 Å². The van der Waals surface area contributed by atoms with Crippen LogP contribution in [0.2, 0.25) is 0 Å². The fourth-order valence-corrected chi connectivity index (χ4v) is 1.67. The van der Waals surface area contributed by atoms with E-state index in [0.717, 1.165) is 0 Å². The van der Waals surface area contributed by atoms with Gasteiger partial charge in [0, 0.05) is 0 Å². The molecule has 2 heterocycles. The molecule has 0 amide bonds. The van der Waals surface area contributed by atoms with E-state index in [1.54, 1.807) is 12.1 Å². The van der Waals surface area contributed by atoms with Gasteiger partial charge in [-0.05, 0) is 12.1 Å². The van der Waals surface area contributed by atoms with Crippen LogP contribution in [-0.4, -0.2) is 10.1 Å². The first-order chi connectivity index (χ1) is 8.72. The summed E-state index contributed by atoms with van der Waals surface area (Å²) in [6, 6.07) is 6.73. The number of rotatable bonds is 2. The molecule has 18 heavy (non-hydrogen) atoms. The van der Waals surface area contributed by atoms with Crippen LogP contribution in [0, 0.1) is 22.7 Å². The van der Waals surface area contributed by atoms with Gasteiger partial charge in [-0.3, -0.25) is 4.79 Å². The van der Waals surface area contributed by atoms with Gasteiger partial charge in [-0.25, -0.2) is 0 Å². The van der Waals surface area contributed by atoms with Gasteiger partial charge in [0.15, 0.2) is 0 Å². The van der Waals surface area contributed by atoms with Crippen LogP contribution < -0.4 is 5.56 Å². The minimum Gasteiger partial charge on any atom is -0.464 e. The topological polar surface area (TPSA) is 114 Å². The number of aromatic amines is 1. The molecule has 0 aliphatic rings. The third-order valence-electron chi connectivity index (χ3n) is 2.44. The maximum absolute atomic E-state index is 11.7. The predicted molar refractivity (Wildman–Crippen MR) is 60.1 cm³/mol. The molecule has 0 atom stereocenters. The second-order valence-electron chi connectivity index (χ2n) is 3.42. The van der Waals surface area contributed by atoms with Crippen molar-refractivity contribution in [1.82, 2.24) is 4.98 Å². The zero-order valence-corrected chi connectivity index (χ0v) is 9.10. The number of nitriles is 2. The predicted octanol–water partition coefficient (Wildman–Crippen LogP) is 0.871. The molecule has 0 bridgehead atoms. The third kappa shape index (κ3) is 1.67. The van der Waals surface area contributed by atoms with E-state index in [2.05, 4.69) is 4.98 Å². The van der Waals surface area contributed by atoms with Crippen molar-refractivity contribution in [2.75, 3.05) is 0 Å². The van der Waals surface area contributed by atoms with Crippen molar-refractivity contribution >= 4 is 0 Å². The van der Waals surface area contributed by atoms with Gasteiger partial charge in [-0.1, -0.05) is 0 Å². The maximum atomic E-state index is 11.7. The van der Waals surface area contributed by atoms with E-state index < -0.39 is 12.2 Å². The van der Waals surface area contributed by atoms with Crippen LogP contribution >= 0.6 is 0 Å². The summed E-state index contributed by atoms with van der Waals surface area (Å²) in [5.74, 6) is 0.240. The van der Waals surface area contributed by atoms with Crippen molar-refractivity contribution in [3.63, 3.8) is 0 Å². The number of aliphatic hydroxyl groups is 1. The quantitative estimate of drug-likeness (QED) is 0.809. The Kier molecular flexibility index (Phi) is 2.96. The zero-order valence-electron chi connectivity index (χ0n) is 9.10. The lowest BCUT2D eigenvalue weighted by Crippen LogP contribution is -2.16. The highest BCUT2D eigenvalue weighted by Gasteiger charge is 2.20. The van der Waals surface area contributed by atoms with Crippen LogP contribution in [0.25, 0.3) is 11.3 Å². The molecule has 0 aromatic carbocycles. The monoisotopic (exact) mass is 241 g/mol. The molecular formula is C12H7N3O3. The van der Waals surface area contributed by atoms with Crippen molar-refractivity contribution in [3.05, 3.63) is 45.6 Å². The number of pyridine rings is 1. The summed E-state index contributed by atoms with van der Waals surface area (Å²) < 4.78 is 5.12. The molecule has 0 radical (unpaired) electrons. The molecule has 0 unspecified atom stereocenters. The molecule has 6 nitrogen and oxygen atoms in total. The molecule has 0 saturated heterocycles. The van der Waals surface area contributed by atoms with E-state index in [-0.39, 0.29) is 28.1 Å². The molecule has 0 fully saturated rings. The molecule has 0 aliphatic heterocycles. The van der Waals surface area contributed by atoms with Crippen molar-refractivity contribution < 1.29 is 9.52 Å². The Labute approximate surface area is 101 Å². The molecule has 0 spiro atoms. The Morgan fingerprint density at radius 3 is 2.56 bits per heavy atom. The smallest absolute Gasteiger partial charge is 0.266 e. The highest BCUT2D eigenvalue weighted by molar-refractivity contribution is 5.73. The van der Waals surface area contributed by atoms with Crippen LogP contribution in [0.15, 0.2) is 27.6 Å². The van der Waals surface area contributed by atoms with Crippen LogP contribution in [0.3, 0.4) is 0 Å². The molecule has 2 aromatic rings. The van der Waals surface area contributed by atoms with Crippen molar-refractivity contribution in [3.8, 4) is 23.5 Å². The summed E-state index contributed by atoms with van der Waals surface area (Å²) in [5.41, 5.74) is -0.667. The Balaban J connectivity index is 2.93. The largest absolute Gasteiger partial charge is 0.464 e. The fourth-order valence-electron chi connectivity index (χ4n) is 1.67. The Morgan fingerprint density at radius 2 is 2.06 bits per heavy atom. The summed E-state index contributed by atoms with van der Waals surface area (Å²) in [5, 5.41) is 27.2. The third-order valence-corrected chi connectivity index (χ3v) is 2.44. The number of hydrogen-bond donors (Lipinski definition) is 2. The van der Waals surface area contributed by atoms with Gasteiger partial charge in [0.05, 0.1) is 29.7 Å². The molecule has 2 aromatic heterocycles. The minimum absolute atomic E-state index is 0.0311. The van der Waals surface area contributed by atoms with Crippen LogP contribution in [0.1, 0.15) is 16.8 Å². The van der Waals surface area contributed by atoms with Crippen molar-refractivity contribution in [2.24, 2.45) is 0 Å². The highest BCUT2D eigenvalue weighted by Crippen LogP contribution is 2.27. The number of furan rings is 1. The van der Waals surface area contributed by atoms with E-state index in [9.17, 15) is 4.79 Å². The number of H-pyrrole nitrogens is 1. The summed E-state index contributed by atoms with van der Waals surface area (Å²) in [6.45, 7) is -0.502. The van der Waals surface area contributed by atoms with Gasteiger partial charge in [0.2, 0.25) is 0 Å².